The second-order valence-corrected chi connectivity index (χ2v) is 7.29. The molecule has 2 aromatic rings. The Balaban J connectivity index is 2.19. The number of benzene rings is 1. The maximum atomic E-state index is 12.9. The van der Waals surface area contributed by atoms with E-state index >= 15 is 0 Å². The number of hydrogen-bond donors (Lipinski definition) is 2. The first kappa shape index (κ1) is 20.9. The lowest BCUT2D eigenvalue weighted by Crippen LogP contribution is -2.68. The third-order valence-corrected chi connectivity index (χ3v) is 5.33. The van der Waals surface area contributed by atoms with E-state index in [2.05, 4.69) is 10.3 Å². The molecule has 3 rings (SSSR count). The van der Waals surface area contributed by atoms with E-state index in [4.69, 9.17) is 17.3 Å². The second kappa shape index (κ2) is 7.55. The summed E-state index contributed by atoms with van der Waals surface area (Å²) >= 11 is 5.96. The van der Waals surface area contributed by atoms with Crippen molar-refractivity contribution in [2.24, 2.45) is 5.73 Å². The molecule has 6 nitrogen and oxygen atoms in total. The van der Waals surface area contributed by atoms with Gasteiger partial charge in [-0.25, -0.2) is 4.79 Å². The maximum Gasteiger partial charge on any atom is 0.433 e. The first-order valence-electron chi connectivity index (χ1n) is 8.69. The van der Waals surface area contributed by atoms with E-state index in [-0.39, 0.29) is 13.1 Å². The highest BCUT2D eigenvalue weighted by atomic mass is 35.5. The summed E-state index contributed by atoms with van der Waals surface area (Å²) in [5, 5.41) is 3.16. The number of nitrogens with one attached hydrogen (secondary N) is 1. The van der Waals surface area contributed by atoms with E-state index in [1.54, 1.807) is 24.3 Å². The average Bonchev–Trinajstić information content (AvgIpc) is 2.65. The van der Waals surface area contributed by atoms with Gasteiger partial charge < -0.3 is 16.0 Å². The van der Waals surface area contributed by atoms with Crippen LogP contribution in [0.15, 0.2) is 42.6 Å². The largest absolute Gasteiger partial charge is 0.433 e. The lowest BCUT2D eigenvalue weighted by atomic mass is 9.74. The number of rotatable bonds is 3. The number of primary amides is 1. The Bertz CT molecular complexity index is 919. The molecule has 1 saturated heterocycles. The van der Waals surface area contributed by atoms with Gasteiger partial charge in [0.2, 0.25) is 5.91 Å². The minimum absolute atomic E-state index is 0.162. The molecular weight excluding hydrogens is 409 g/mol. The van der Waals surface area contributed by atoms with Crippen LogP contribution in [0.3, 0.4) is 0 Å². The Kier molecular flexibility index (Phi) is 5.44. The Morgan fingerprint density at radius 2 is 1.86 bits per heavy atom. The molecule has 3 N–H and O–H groups in total. The van der Waals surface area contributed by atoms with Gasteiger partial charge in [-0.15, -0.1) is 0 Å². The van der Waals surface area contributed by atoms with Gasteiger partial charge in [-0.05, 0) is 36.2 Å². The summed E-state index contributed by atoms with van der Waals surface area (Å²) in [7, 11) is 0. The van der Waals surface area contributed by atoms with Gasteiger partial charge in [0.1, 0.15) is 11.2 Å². The molecule has 10 heteroatoms. The maximum absolute atomic E-state index is 12.9. The molecule has 1 aromatic carbocycles. The van der Waals surface area contributed by atoms with Gasteiger partial charge in [-0.3, -0.25) is 9.78 Å². The van der Waals surface area contributed by atoms with Crippen LogP contribution < -0.4 is 11.1 Å². The fourth-order valence-electron chi connectivity index (χ4n) is 3.68. The van der Waals surface area contributed by atoms with Gasteiger partial charge in [-0.1, -0.05) is 29.8 Å². The van der Waals surface area contributed by atoms with Crippen molar-refractivity contribution >= 4 is 23.5 Å². The first-order chi connectivity index (χ1) is 13.5. The number of piperazine rings is 1. The number of hydrogen-bond acceptors (Lipinski definition) is 3. The number of nitrogens with zero attached hydrogens (tertiary/aromatic N) is 2. The highest BCUT2D eigenvalue weighted by Gasteiger charge is 2.51. The SMILES string of the molecule is CC1([C@H](c2ccc(Cl)cc2)c2ccc(C(F)(F)F)nc2)C(=O)NCCN1C(N)=O. The van der Waals surface area contributed by atoms with E-state index in [0.29, 0.717) is 16.1 Å². The lowest BCUT2D eigenvalue weighted by molar-refractivity contribution is -0.141. The lowest BCUT2D eigenvalue weighted by Gasteiger charge is -2.47. The molecule has 0 aliphatic carbocycles. The zero-order valence-corrected chi connectivity index (χ0v) is 16.1. The van der Waals surface area contributed by atoms with Crippen molar-refractivity contribution in [3.63, 3.8) is 0 Å². The third kappa shape index (κ3) is 3.87. The van der Waals surface area contributed by atoms with Crippen LogP contribution >= 0.6 is 11.6 Å². The Morgan fingerprint density at radius 1 is 1.24 bits per heavy atom. The van der Waals surface area contributed by atoms with Crippen molar-refractivity contribution in [3.8, 4) is 0 Å². The minimum atomic E-state index is -4.60. The van der Waals surface area contributed by atoms with E-state index in [1.165, 1.54) is 17.9 Å². The summed E-state index contributed by atoms with van der Waals surface area (Å²) in [5.74, 6) is -1.30. The van der Waals surface area contributed by atoms with E-state index in [9.17, 15) is 22.8 Å². The monoisotopic (exact) mass is 426 g/mol. The quantitative estimate of drug-likeness (QED) is 0.790. The minimum Gasteiger partial charge on any atom is -0.352 e. The van der Waals surface area contributed by atoms with Crippen LogP contribution in [0.1, 0.15) is 29.7 Å². The number of alkyl halides is 3. The predicted octanol–water partition coefficient (Wildman–Crippen LogP) is 3.15. The molecule has 2 heterocycles. The van der Waals surface area contributed by atoms with Crippen molar-refractivity contribution in [3.05, 3.63) is 64.4 Å². The van der Waals surface area contributed by atoms with Gasteiger partial charge in [0.05, 0.1) is 0 Å². The Hall–Kier alpha value is -2.81. The van der Waals surface area contributed by atoms with Crippen molar-refractivity contribution < 1.29 is 22.8 Å². The zero-order chi connectivity index (χ0) is 21.4. The van der Waals surface area contributed by atoms with Gasteiger partial charge in [0, 0.05) is 30.2 Å². The van der Waals surface area contributed by atoms with Crippen LogP contribution in [-0.2, 0) is 11.0 Å². The number of carbonyl (C=O) groups is 2. The van der Waals surface area contributed by atoms with E-state index < -0.39 is 35.3 Å². The number of carbonyl (C=O) groups excluding carboxylic acids is 2. The molecule has 2 atom stereocenters. The molecule has 0 spiro atoms. The molecule has 29 heavy (non-hydrogen) atoms. The molecule has 0 bridgehead atoms. The Labute approximate surface area is 169 Å². The van der Waals surface area contributed by atoms with Crippen LogP contribution in [0.4, 0.5) is 18.0 Å². The summed E-state index contributed by atoms with van der Waals surface area (Å²) in [4.78, 5) is 29.8. The van der Waals surface area contributed by atoms with Crippen LogP contribution in [0, 0.1) is 0 Å². The molecule has 1 aromatic heterocycles. The van der Waals surface area contributed by atoms with Gasteiger partial charge >= 0.3 is 12.2 Å². The molecule has 1 fully saturated rings. The second-order valence-electron chi connectivity index (χ2n) is 6.85. The molecule has 3 amide bonds. The van der Waals surface area contributed by atoms with E-state index in [1.807, 2.05) is 0 Å². The number of amides is 3. The van der Waals surface area contributed by atoms with Crippen molar-refractivity contribution in [2.45, 2.75) is 24.6 Å². The predicted molar refractivity (Wildman–Crippen MR) is 100 cm³/mol. The topological polar surface area (TPSA) is 88.3 Å². The summed E-state index contributed by atoms with van der Waals surface area (Å²) < 4.78 is 38.8. The number of pyridine rings is 1. The number of urea groups is 1. The van der Waals surface area contributed by atoms with Crippen molar-refractivity contribution in [2.75, 3.05) is 13.1 Å². The van der Waals surface area contributed by atoms with Crippen LogP contribution in [0.25, 0.3) is 0 Å². The fourth-order valence-corrected chi connectivity index (χ4v) is 3.81. The standard InChI is InChI=1S/C19H18ClF3N4O2/c1-18(16(28)25-8-9-27(18)17(24)29)15(11-2-5-13(20)6-3-11)12-4-7-14(26-10-12)19(21,22)23/h2-7,10,15H,8-9H2,1H3,(H2,24,29)(H,25,28)/t15-,18?/m1/s1. The summed E-state index contributed by atoms with van der Waals surface area (Å²) in [6.07, 6.45) is -3.53. The molecule has 0 radical (unpaired) electrons. The van der Waals surface area contributed by atoms with Crippen LogP contribution in [-0.4, -0.2) is 40.5 Å². The number of nitrogens with two attached hydrogens (primary N) is 1. The molecular formula is C19H18ClF3N4O2. The van der Waals surface area contributed by atoms with Crippen LogP contribution in [0.2, 0.25) is 5.02 Å². The molecule has 0 saturated carbocycles. The molecule has 1 aliphatic rings. The fraction of sp³-hybridized carbons (Fsp3) is 0.316. The number of halogens is 4. The van der Waals surface area contributed by atoms with Crippen molar-refractivity contribution in [1.82, 2.24) is 15.2 Å². The highest BCUT2D eigenvalue weighted by Crippen LogP contribution is 2.41. The normalized spacial score (nSPS) is 20.9. The highest BCUT2D eigenvalue weighted by molar-refractivity contribution is 6.30. The van der Waals surface area contributed by atoms with Crippen molar-refractivity contribution in [1.29, 1.82) is 0 Å². The summed E-state index contributed by atoms with van der Waals surface area (Å²) in [5.41, 5.74) is 3.88. The van der Waals surface area contributed by atoms with E-state index in [0.717, 1.165) is 12.3 Å². The zero-order valence-electron chi connectivity index (χ0n) is 15.3. The third-order valence-electron chi connectivity index (χ3n) is 5.08. The smallest absolute Gasteiger partial charge is 0.352 e. The molecule has 1 unspecified atom stereocenters. The van der Waals surface area contributed by atoms with Gasteiger partial charge in [-0.2, -0.15) is 13.2 Å². The molecule has 154 valence electrons. The van der Waals surface area contributed by atoms with Gasteiger partial charge in [0.15, 0.2) is 0 Å². The summed E-state index contributed by atoms with van der Waals surface area (Å²) in [6.45, 7) is 1.91. The van der Waals surface area contributed by atoms with Crippen LogP contribution in [0.5, 0.6) is 0 Å². The summed E-state index contributed by atoms with van der Waals surface area (Å²) in [6, 6.07) is 7.79. The molecule has 1 aliphatic heterocycles. The number of aromatic nitrogens is 1. The first-order valence-corrected chi connectivity index (χ1v) is 9.07. The van der Waals surface area contributed by atoms with Gasteiger partial charge in [0.25, 0.3) is 0 Å². The Morgan fingerprint density at radius 3 is 2.38 bits per heavy atom. The average molecular weight is 427 g/mol.